The summed E-state index contributed by atoms with van der Waals surface area (Å²) in [6.45, 7) is 6.51. The van der Waals surface area contributed by atoms with E-state index >= 15 is 0 Å². The minimum absolute atomic E-state index is 0. The lowest BCUT2D eigenvalue weighted by molar-refractivity contribution is -0.136. The van der Waals surface area contributed by atoms with Gasteiger partial charge in [-0.2, -0.15) is 0 Å². The van der Waals surface area contributed by atoms with Gasteiger partial charge in [0.25, 0.3) is 0 Å². The minimum atomic E-state index is 0. The first-order valence-electron chi connectivity index (χ1n) is 8.58. The molecule has 130 valence electrons. The van der Waals surface area contributed by atoms with Crippen molar-refractivity contribution >= 4 is 30.7 Å². The molecule has 1 N–H and O–H groups in total. The van der Waals surface area contributed by atoms with Gasteiger partial charge < -0.3 is 15.1 Å². The molecule has 4 nitrogen and oxygen atoms in total. The molecule has 3 heterocycles. The predicted molar refractivity (Wildman–Crippen MR) is 95.1 cm³/mol. The van der Waals surface area contributed by atoms with Gasteiger partial charge in [-0.1, -0.05) is 0 Å². The van der Waals surface area contributed by atoms with E-state index in [-0.39, 0.29) is 30.7 Å². The molecule has 3 rings (SSSR count). The fraction of sp³-hybridized carbons (Fsp3) is 0.938. The van der Waals surface area contributed by atoms with E-state index in [0.717, 1.165) is 45.1 Å². The van der Waals surface area contributed by atoms with Gasteiger partial charge in [-0.25, -0.2) is 0 Å². The number of carbonyl (C=O) groups is 1. The lowest BCUT2D eigenvalue weighted by Crippen LogP contribution is -2.43. The molecule has 22 heavy (non-hydrogen) atoms. The summed E-state index contributed by atoms with van der Waals surface area (Å²) >= 11 is 0. The normalized spacial score (nSPS) is 30.1. The number of hydrogen-bond acceptors (Lipinski definition) is 3. The third-order valence-electron chi connectivity index (χ3n) is 5.31. The Morgan fingerprint density at radius 2 is 1.64 bits per heavy atom. The number of hydrogen-bond donors (Lipinski definition) is 1. The summed E-state index contributed by atoms with van der Waals surface area (Å²) in [6.07, 6.45) is 8.63. The van der Waals surface area contributed by atoms with Crippen molar-refractivity contribution < 1.29 is 4.79 Å². The fourth-order valence-electron chi connectivity index (χ4n) is 4.09. The van der Waals surface area contributed by atoms with Crippen molar-refractivity contribution in [3.63, 3.8) is 0 Å². The summed E-state index contributed by atoms with van der Waals surface area (Å²) in [5, 5.41) is 3.37. The monoisotopic (exact) mass is 351 g/mol. The average molecular weight is 352 g/mol. The lowest BCUT2D eigenvalue weighted by Gasteiger charge is -2.29. The van der Waals surface area contributed by atoms with Gasteiger partial charge >= 0.3 is 0 Å². The van der Waals surface area contributed by atoms with Gasteiger partial charge in [-0.05, 0) is 64.6 Å². The second-order valence-corrected chi connectivity index (χ2v) is 6.70. The molecule has 0 aromatic heterocycles. The lowest BCUT2D eigenvalue weighted by atomic mass is 9.98. The summed E-state index contributed by atoms with van der Waals surface area (Å²) in [5.74, 6) is 0.659. The number of carbonyl (C=O) groups excluding carboxylic acids is 1. The predicted octanol–water partition coefficient (Wildman–Crippen LogP) is 2.31. The first-order valence-corrected chi connectivity index (χ1v) is 8.58. The van der Waals surface area contributed by atoms with Crippen LogP contribution in [0.25, 0.3) is 0 Å². The molecule has 3 aliphatic rings. The van der Waals surface area contributed by atoms with E-state index in [4.69, 9.17) is 0 Å². The summed E-state index contributed by atoms with van der Waals surface area (Å²) in [7, 11) is 0. The van der Waals surface area contributed by atoms with Crippen molar-refractivity contribution in [2.75, 3.05) is 39.3 Å². The highest BCUT2D eigenvalue weighted by Gasteiger charge is 2.29. The molecule has 0 aliphatic carbocycles. The van der Waals surface area contributed by atoms with Crippen LogP contribution in [0.15, 0.2) is 0 Å². The number of piperidine rings is 1. The highest BCUT2D eigenvalue weighted by Crippen LogP contribution is 2.23. The van der Waals surface area contributed by atoms with Crippen LogP contribution in [0, 0.1) is 5.92 Å². The molecule has 6 heteroatoms. The van der Waals surface area contributed by atoms with Crippen molar-refractivity contribution in [2.24, 2.45) is 5.92 Å². The topological polar surface area (TPSA) is 35.6 Å². The van der Waals surface area contributed by atoms with Gasteiger partial charge in [0.15, 0.2) is 0 Å². The first-order chi connectivity index (χ1) is 9.84. The summed E-state index contributed by atoms with van der Waals surface area (Å²) in [4.78, 5) is 17.4. The van der Waals surface area contributed by atoms with Crippen LogP contribution < -0.4 is 5.32 Å². The fourth-order valence-corrected chi connectivity index (χ4v) is 4.09. The first kappa shape index (κ1) is 20.0. The van der Waals surface area contributed by atoms with Crippen molar-refractivity contribution in [3.8, 4) is 0 Å². The minimum Gasteiger partial charge on any atom is -0.342 e. The van der Waals surface area contributed by atoms with Crippen molar-refractivity contribution in [3.05, 3.63) is 0 Å². The molecule has 0 spiro atoms. The van der Waals surface area contributed by atoms with Crippen LogP contribution in [0.1, 0.15) is 44.9 Å². The van der Waals surface area contributed by atoms with E-state index < -0.39 is 0 Å². The maximum absolute atomic E-state index is 12.6. The van der Waals surface area contributed by atoms with E-state index in [0.29, 0.717) is 5.91 Å². The average Bonchev–Trinajstić information content (AvgIpc) is 2.92. The number of likely N-dealkylation sites (tertiary alicyclic amines) is 2. The molecule has 0 bridgehead atoms. The van der Waals surface area contributed by atoms with E-state index in [1.807, 2.05) is 0 Å². The van der Waals surface area contributed by atoms with Crippen LogP contribution in [-0.4, -0.2) is 61.0 Å². The van der Waals surface area contributed by atoms with Crippen LogP contribution in [0.5, 0.6) is 0 Å². The van der Waals surface area contributed by atoms with Gasteiger partial charge in [0.05, 0.1) is 5.92 Å². The maximum Gasteiger partial charge on any atom is 0.226 e. The van der Waals surface area contributed by atoms with Crippen molar-refractivity contribution in [2.45, 2.75) is 51.0 Å². The Morgan fingerprint density at radius 3 is 2.32 bits per heavy atom. The molecule has 0 saturated carbocycles. The SMILES string of the molecule is Cl.Cl.O=C(C1CCCNC1)N1CCCC(N2CCCC2)CC1. The highest BCUT2D eigenvalue weighted by molar-refractivity contribution is 5.85. The number of rotatable bonds is 2. The van der Waals surface area contributed by atoms with Gasteiger partial charge in [0, 0.05) is 25.7 Å². The van der Waals surface area contributed by atoms with E-state index in [1.54, 1.807) is 0 Å². The van der Waals surface area contributed by atoms with E-state index in [9.17, 15) is 4.79 Å². The van der Waals surface area contributed by atoms with Crippen LogP contribution in [0.2, 0.25) is 0 Å². The molecular weight excluding hydrogens is 321 g/mol. The molecule has 3 fully saturated rings. The smallest absolute Gasteiger partial charge is 0.226 e. The summed E-state index contributed by atoms with van der Waals surface area (Å²) in [5.41, 5.74) is 0. The van der Waals surface area contributed by atoms with E-state index in [1.165, 1.54) is 45.2 Å². The molecule has 0 aromatic rings. The molecule has 2 atom stereocenters. The summed E-state index contributed by atoms with van der Waals surface area (Å²) in [6, 6.07) is 0.736. The molecular formula is C16H31Cl2N3O. The largest absolute Gasteiger partial charge is 0.342 e. The number of nitrogens with one attached hydrogen (secondary N) is 1. The van der Waals surface area contributed by atoms with E-state index in [2.05, 4.69) is 15.1 Å². The summed E-state index contributed by atoms with van der Waals surface area (Å²) < 4.78 is 0. The standard InChI is InChI=1S/C16H29N3O.2ClH/c20-16(14-5-3-8-17-13-14)19-11-4-6-15(7-12-19)18-9-1-2-10-18;;/h14-15,17H,1-13H2;2*1H. The van der Waals surface area contributed by atoms with Crippen LogP contribution in [0.3, 0.4) is 0 Å². The second kappa shape index (κ2) is 9.96. The van der Waals surface area contributed by atoms with Crippen LogP contribution >= 0.6 is 24.8 Å². The Kier molecular flexibility index (Phi) is 9.07. The Hall–Kier alpha value is -0.0300. The second-order valence-electron chi connectivity index (χ2n) is 6.70. The third kappa shape index (κ3) is 4.98. The van der Waals surface area contributed by atoms with Crippen molar-refractivity contribution in [1.29, 1.82) is 0 Å². The Balaban J connectivity index is 0.00000121. The van der Waals surface area contributed by atoms with Crippen molar-refractivity contribution in [1.82, 2.24) is 15.1 Å². The quantitative estimate of drug-likeness (QED) is 0.828. The van der Waals surface area contributed by atoms with Gasteiger partial charge in [0.1, 0.15) is 0 Å². The van der Waals surface area contributed by atoms with Gasteiger partial charge in [-0.15, -0.1) is 24.8 Å². The number of amides is 1. The molecule has 3 aliphatic heterocycles. The molecule has 1 amide bonds. The zero-order valence-electron chi connectivity index (χ0n) is 13.5. The zero-order chi connectivity index (χ0) is 13.8. The third-order valence-corrected chi connectivity index (χ3v) is 5.31. The maximum atomic E-state index is 12.6. The zero-order valence-corrected chi connectivity index (χ0v) is 15.1. The van der Waals surface area contributed by atoms with Crippen LogP contribution in [-0.2, 0) is 4.79 Å². The number of nitrogens with zero attached hydrogens (tertiary/aromatic N) is 2. The molecule has 2 unspecified atom stereocenters. The van der Waals surface area contributed by atoms with Gasteiger partial charge in [0.2, 0.25) is 5.91 Å². The highest BCUT2D eigenvalue weighted by atomic mass is 35.5. The Morgan fingerprint density at radius 1 is 0.864 bits per heavy atom. The molecule has 3 saturated heterocycles. The Bertz CT molecular complexity index is 331. The van der Waals surface area contributed by atoms with Crippen LogP contribution in [0.4, 0.5) is 0 Å². The molecule has 0 radical (unpaired) electrons. The molecule has 0 aromatic carbocycles. The number of halogens is 2. The Labute approximate surface area is 147 Å². The van der Waals surface area contributed by atoms with Gasteiger partial charge in [-0.3, -0.25) is 4.79 Å².